The third kappa shape index (κ3) is 8.12. The van der Waals surface area contributed by atoms with Gasteiger partial charge < -0.3 is 15.0 Å². The normalized spacial score (nSPS) is 12.0. The Morgan fingerprint density at radius 2 is 1.71 bits per heavy atom. The molecule has 0 atom stereocenters. The van der Waals surface area contributed by atoms with Crippen LogP contribution in [0, 0.1) is 17.0 Å². The van der Waals surface area contributed by atoms with E-state index in [0.717, 1.165) is 12.1 Å². The number of amides is 3. The molecule has 0 spiro atoms. The molecular formula is C28H36F2N6O5. The van der Waals surface area contributed by atoms with Crippen molar-refractivity contribution >= 4 is 29.6 Å². The molecule has 222 valence electrons. The number of ether oxygens (including phenoxy) is 1. The number of primary amides is 1. The van der Waals surface area contributed by atoms with E-state index in [0.29, 0.717) is 12.1 Å². The summed E-state index contributed by atoms with van der Waals surface area (Å²) in [5.74, 6) is -3.60. The van der Waals surface area contributed by atoms with Gasteiger partial charge in [-0.3, -0.25) is 20.2 Å². The van der Waals surface area contributed by atoms with Gasteiger partial charge in [-0.25, -0.2) is 18.3 Å². The first kappa shape index (κ1) is 31.2. The first-order valence-corrected chi connectivity index (χ1v) is 13.0. The summed E-state index contributed by atoms with van der Waals surface area (Å²) in [6.07, 6.45) is -0.784. The number of rotatable bonds is 8. The Morgan fingerprint density at radius 3 is 2.27 bits per heavy atom. The predicted molar refractivity (Wildman–Crippen MR) is 148 cm³/mol. The van der Waals surface area contributed by atoms with Gasteiger partial charge in [0.15, 0.2) is 0 Å². The third-order valence-corrected chi connectivity index (χ3v) is 5.54. The number of nitrogens with two attached hydrogens (primary N) is 1. The second-order valence-electron chi connectivity index (χ2n) is 12.2. The van der Waals surface area contributed by atoms with Gasteiger partial charge >= 0.3 is 6.09 Å². The monoisotopic (exact) mass is 574 g/mol. The summed E-state index contributed by atoms with van der Waals surface area (Å²) in [5.41, 5.74) is 4.11. The zero-order valence-corrected chi connectivity index (χ0v) is 24.4. The maximum Gasteiger partial charge on any atom is 0.413 e. The van der Waals surface area contributed by atoms with E-state index < -0.39 is 47.6 Å². The van der Waals surface area contributed by atoms with Gasteiger partial charge in [0.25, 0.3) is 5.91 Å². The Morgan fingerprint density at radius 1 is 1.05 bits per heavy atom. The van der Waals surface area contributed by atoms with Crippen LogP contribution in [0.25, 0.3) is 11.3 Å². The van der Waals surface area contributed by atoms with Crippen molar-refractivity contribution in [2.75, 3.05) is 10.6 Å². The molecule has 3 aromatic rings. The van der Waals surface area contributed by atoms with Gasteiger partial charge in [0.2, 0.25) is 11.8 Å². The molecule has 2 heterocycles. The van der Waals surface area contributed by atoms with E-state index in [4.69, 9.17) is 15.0 Å². The van der Waals surface area contributed by atoms with Gasteiger partial charge in [-0.15, -0.1) is 0 Å². The molecule has 0 saturated carbocycles. The van der Waals surface area contributed by atoms with E-state index in [2.05, 4.69) is 20.9 Å². The molecule has 0 aliphatic rings. The zero-order chi connectivity index (χ0) is 30.9. The second-order valence-corrected chi connectivity index (χ2v) is 12.2. The topological polar surface area (TPSA) is 154 Å². The summed E-state index contributed by atoms with van der Waals surface area (Å²) < 4.78 is 42.2. The smallest absolute Gasteiger partial charge is 0.413 e. The fraction of sp³-hybridized carbons (Fsp3) is 0.464. The van der Waals surface area contributed by atoms with Crippen LogP contribution in [0.4, 0.5) is 25.3 Å². The standard InChI is InChI=1S/C28H36F2N6O5/c1-14(2)36-25(33-26(39)40-28(6,7)8)22(24(31)38)23(34-36)17-12-18(29)15(9-19(17)30)10-20(37)32-21-11-16(35-41-21)13-27(3,4)5/h9,11-12,14H,10,13H2,1-8H3,(H2,31,38)(H,32,37)(H,33,39). The Bertz CT molecular complexity index is 1460. The molecule has 0 aliphatic heterocycles. The van der Waals surface area contributed by atoms with Gasteiger partial charge in [-0.05, 0) is 58.6 Å². The van der Waals surface area contributed by atoms with Crippen molar-refractivity contribution in [1.29, 1.82) is 0 Å². The van der Waals surface area contributed by atoms with Crippen LogP contribution in [0.15, 0.2) is 22.7 Å². The number of benzene rings is 1. The first-order chi connectivity index (χ1) is 18.8. The average Bonchev–Trinajstić information content (AvgIpc) is 3.37. The highest BCUT2D eigenvalue weighted by molar-refractivity contribution is 6.06. The number of anilines is 2. The van der Waals surface area contributed by atoms with Crippen LogP contribution in [-0.4, -0.2) is 38.4 Å². The molecule has 2 aromatic heterocycles. The molecule has 0 fully saturated rings. The Kier molecular flexibility index (Phi) is 8.89. The lowest BCUT2D eigenvalue weighted by molar-refractivity contribution is -0.115. The number of carbonyl (C=O) groups excluding carboxylic acids is 3. The fourth-order valence-corrected chi connectivity index (χ4v) is 4.01. The molecule has 11 nitrogen and oxygen atoms in total. The summed E-state index contributed by atoms with van der Waals surface area (Å²) in [4.78, 5) is 37.5. The van der Waals surface area contributed by atoms with Gasteiger partial charge in [0.05, 0.1) is 12.1 Å². The first-order valence-electron chi connectivity index (χ1n) is 13.0. The van der Waals surface area contributed by atoms with Crippen molar-refractivity contribution in [2.24, 2.45) is 11.1 Å². The highest BCUT2D eigenvalue weighted by atomic mass is 19.1. The highest BCUT2D eigenvalue weighted by Crippen LogP contribution is 2.34. The quantitative estimate of drug-likeness (QED) is 0.316. The van der Waals surface area contributed by atoms with Crippen molar-refractivity contribution in [1.82, 2.24) is 14.9 Å². The largest absolute Gasteiger partial charge is 0.444 e. The number of hydrogen-bond donors (Lipinski definition) is 3. The van der Waals surface area contributed by atoms with E-state index >= 15 is 8.78 Å². The minimum atomic E-state index is -1.03. The van der Waals surface area contributed by atoms with E-state index in [1.165, 1.54) is 4.68 Å². The number of halogens is 2. The summed E-state index contributed by atoms with van der Waals surface area (Å²) in [6.45, 7) is 14.5. The molecule has 0 radical (unpaired) electrons. The number of aromatic nitrogens is 3. The lowest BCUT2D eigenvalue weighted by Crippen LogP contribution is -2.29. The summed E-state index contributed by atoms with van der Waals surface area (Å²) in [5, 5.41) is 13.1. The molecule has 3 rings (SSSR count). The summed E-state index contributed by atoms with van der Waals surface area (Å²) >= 11 is 0. The maximum absolute atomic E-state index is 15.4. The zero-order valence-electron chi connectivity index (χ0n) is 24.4. The fourth-order valence-electron chi connectivity index (χ4n) is 4.01. The van der Waals surface area contributed by atoms with Crippen LogP contribution in [-0.2, 0) is 22.4 Å². The molecule has 0 aliphatic carbocycles. The summed E-state index contributed by atoms with van der Waals surface area (Å²) in [7, 11) is 0. The molecule has 0 bridgehead atoms. The number of nitrogens with zero attached hydrogens (tertiary/aromatic N) is 3. The molecule has 0 saturated heterocycles. The summed E-state index contributed by atoms with van der Waals surface area (Å²) in [6, 6.07) is 2.82. The van der Waals surface area contributed by atoms with Crippen molar-refractivity contribution in [3.05, 3.63) is 46.7 Å². The number of hydrogen-bond acceptors (Lipinski definition) is 7. The van der Waals surface area contributed by atoms with Crippen molar-refractivity contribution < 1.29 is 32.4 Å². The highest BCUT2D eigenvalue weighted by Gasteiger charge is 2.29. The Balaban J connectivity index is 1.91. The minimum Gasteiger partial charge on any atom is -0.444 e. The Hall–Kier alpha value is -4.29. The number of carbonyl (C=O) groups is 3. The maximum atomic E-state index is 15.4. The van der Waals surface area contributed by atoms with Crippen LogP contribution in [0.2, 0.25) is 0 Å². The molecule has 0 unspecified atom stereocenters. The SMILES string of the molecule is CC(C)n1nc(-c2cc(F)c(CC(=O)Nc3cc(CC(C)(C)C)no3)cc2F)c(C(N)=O)c1NC(=O)OC(C)(C)C. The van der Waals surface area contributed by atoms with Crippen LogP contribution < -0.4 is 16.4 Å². The van der Waals surface area contributed by atoms with Crippen molar-refractivity contribution in [2.45, 2.75) is 79.9 Å². The van der Waals surface area contributed by atoms with Gasteiger partial charge in [0, 0.05) is 23.2 Å². The third-order valence-electron chi connectivity index (χ3n) is 5.54. The van der Waals surface area contributed by atoms with Crippen LogP contribution >= 0.6 is 0 Å². The van der Waals surface area contributed by atoms with E-state index in [1.807, 2.05) is 20.8 Å². The van der Waals surface area contributed by atoms with Gasteiger partial charge in [0.1, 0.15) is 34.3 Å². The van der Waals surface area contributed by atoms with E-state index in [1.54, 1.807) is 40.7 Å². The molecule has 4 N–H and O–H groups in total. The molecule has 13 heteroatoms. The van der Waals surface area contributed by atoms with Crippen molar-refractivity contribution in [3.63, 3.8) is 0 Å². The van der Waals surface area contributed by atoms with E-state index in [9.17, 15) is 14.4 Å². The van der Waals surface area contributed by atoms with Gasteiger partial charge in [-0.1, -0.05) is 25.9 Å². The van der Waals surface area contributed by atoms with Crippen LogP contribution in [0.5, 0.6) is 0 Å². The molecule has 3 amide bonds. The lowest BCUT2D eigenvalue weighted by Gasteiger charge is -2.20. The van der Waals surface area contributed by atoms with Gasteiger partial charge in [-0.2, -0.15) is 5.10 Å². The molecule has 1 aromatic carbocycles. The average molecular weight is 575 g/mol. The second kappa shape index (κ2) is 11.7. The van der Waals surface area contributed by atoms with Crippen LogP contribution in [0.3, 0.4) is 0 Å². The lowest BCUT2D eigenvalue weighted by atomic mass is 9.91. The van der Waals surface area contributed by atoms with E-state index in [-0.39, 0.29) is 39.5 Å². The molecule has 41 heavy (non-hydrogen) atoms. The predicted octanol–water partition coefficient (Wildman–Crippen LogP) is 5.61. The molecular weight excluding hydrogens is 538 g/mol. The Labute approximate surface area is 236 Å². The number of nitrogens with one attached hydrogen (secondary N) is 2. The minimum absolute atomic E-state index is 0.0491. The van der Waals surface area contributed by atoms with Crippen molar-refractivity contribution in [3.8, 4) is 11.3 Å². The van der Waals surface area contributed by atoms with Crippen LogP contribution in [0.1, 0.15) is 83.0 Å².